The third-order valence-electron chi connectivity index (χ3n) is 3.35. The van der Waals surface area contributed by atoms with Gasteiger partial charge in [-0.25, -0.2) is 4.98 Å². The molecule has 0 atom stereocenters. The first-order valence-electron chi connectivity index (χ1n) is 6.28. The molecule has 0 saturated heterocycles. The number of rotatable bonds is 2. The first-order chi connectivity index (χ1) is 9.54. The highest BCUT2D eigenvalue weighted by Gasteiger charge is 2.12. The van der Waals surface area contributed by atoms with E-state index in [9.17, 15) is 4.79 Å². The third kappa shape index (κ3) is 2.37. The van der Waals surface area contributed by atoms with Crippen molar-refractivity contribution in [3.63, 3.8) is 0 Å². The Kier molecular flexibility index (Phi) is 3.36. The Bertz CT molecular complexity index is 851. The van der Waals surface area contributed by atoms with Crippen molar-refractivity contribution in [1.29, 1.82) is 0 Å². The van der Waals surface area contributed by atoms with Crippen molar-refractivity contribution in [3.05, 3.63) is 61.5 Å². The molecular formula is C15H13ClN2OS. The van der Waals surface area contributed by atoms with Crippen LogP contribution in [0, 0.1) is 13.8 Å². The molecule has 0 saturated carbocycles. The molecule has 102 valence electrons. The molecule has 0 radical (unpaired) electrons. The van der Waals surface area contributed by atoms with Gasteiger partial charge in [-0.1, -0.05) is 23.7 Å². The number of fused-ring (bicyclic) bond motifs is 1. The fourth-order valence-electron chi connectivity index (χ4n) is 2.22. The van der Waals surface area contributed by atoms with Gasteiger partial charge in [-0.15, -0.1) is 11.3 Å². The molecule has 0 fully saturated rings. The summed E-state index contributed by atoms with van der Waals surface area (Å²) in [5.41, 5.74) is 1.99. The van der Waals surface area contributed by atoms with Crippen molar-refractivity contribution < 1.29 is 0 Å². The van der Waals surface area contributed by atoms with Crippen LogP contribution >= 0.6 is 22.9 Å². The summed E-state index contributed by atoms with van der Waals surface area (Å²) in [5.74, 6) is 0.672. The van der Waals surface area contributed by atoms with E-state index in [0.29, 0.717) is 22.7 Å². The molecule has 1 aromatic carbocycles. The number of aryl methyl sites for hydroxylation is 2. The molecule has 0 spiro atoms. The first kappa shape index (κ1) is 13.3. The van der Waals surface area contributed by atoms with E-state index in [4.69, 9.17) is 11.6 Å². The van der Waals surface area contributed by atoms with Crippen LogP contribution in [0.4, 0.5) is 0 Å². The highest BCUT2D eigenvalue weighted by Crippen LogP contribution is 2.26. The summed E-state index contributed by atoms with van der Waals surface area (Å²) in [6.07, 6.45) is 0.571. The fraction of sp³-hybridized carbons (Fsp3) is 0.200. The van der Waals surface area contributed by atoms with Crippen molar-refractivity contribution in [2.75, 3.05) is 0 Å². The predicted molar refractivity (Wildman–Crippen MR) is 84.0 cm³/mol. The van der Waals surface area contributed by atoms with Crippen LogP contribution in [0.2, 0.25) is 5.02 Å². The number of aromatic amines is 1. The molecule has 0 aliphatic heterocycles. The Hall–Kier alpha value is -1.65. The van der Waals surface area contributed by atoms with Gasteiger partial charge in [0.15, 0.2) is 0 Å². The second-order valence-electron chi connectivity index (χ2n) is 4.78. The molecule has 0 aliphatic carbocycles. The third-order valence-corrected chi connectivity index (χ3v) is 4.68. The lowest BCUT2D eigenvalue weighted by atomic mass is 10.1. The summed E-state index contributed by atoms with van der Waals surface area (Å²) in [5, 5.41) is 1.40. The predicted octanol–water partition coefficient (Wildman–Crippen LogP) is 3.85. The van der Waals surface area contributed by atoms with Gasteiger partial charge in [-0.3, -0.25) is 4.79 Å². The second kappa shape index (κ2) is 5.04. The maximum atomic E-state index is 12.2. The van der Waals surface area contributed by atoms with Gasteiger partial charge in [0.05, 0.1) is 5.39 Å². The SMILES string of the molecule is Cc1sc2nc(Cc3cccc(Cl)c3)[nH]c(=O)c2c1C. The molecule has 3 rings (SSSR count). The normalized spacial score (nSPS) is 11.2. The number of nitrogens with zero attached hydrogens (tertiary/aromatic N) is 1. The molecule has 20 heavy (non-hydrogen) atoms. The van der Waals surface area contributed by atoms with Gasteiger partial charge >= 0.3 is 0 Å². The van der Waals surface area contributed by atoms with E-state index in [0.717, 1.165) is 20.8 Å². The molecule has 2 heterocycles. The Labute approximate surface area is 125 Å². The van der Waals surface area contributed by atoms with Crippen molar-refractivity contribution in [1.82, 2.24) is 9.97 Å². The Balaban J connectivity index is 2.07. The number of hydrogen-bond donors (Lipinski definition) is 1. The Morgan fingerprint density at radius 2 is 2.15 bits per heavy atom. The van der Waals surface area contributed by atoms with Crippen LogP contribution in [0.15, 0.2) is 29.1 Å². The summed E-state index contributed by atoms with van der Waals surface area (Å²) in [4.78, 5) is 21.6. The molecule has 2 aromatic heterocycles. The van der Waals surface area contributed by atoms with Crippen LogP contribution < -0.4 is 5.56 Å². The number of hydrogen-bond acceptors (Lipinski definition) is 3. The van der Waals surface area contributed by atoms with Gasteiger partial charge in [0, 0.05) is 16.3 Å². The second-order valence-corrected chi connectivity index (χ2v) is 6.42. The van der Waals surface area contributed by atoms with Crippen molar-refractivity contribution in [2.24, 2.45) is 0 Å². The molecule has 0 aliphatic rings. The van der Waals surface area contributed by atoms with E-state index in [1.807, 2.05) is 38.1 Å². The molecule has 1 N–H and O–H groups in total. The number of thiophene rings is 1. The molecule has 3 nitrogen and oxygen atoms in total. The summed E-state index contributed by atoms with van der Waals surface area (Å²) in [6, 6.07) is 7.59. The maximum Gasteiger partial charge on any atom is 0.259 e. The smallest absolute Gasteiger partial charge is 0.259 e. The standard InChI is InChI=1S/C15H13ClN2OS/c1-8-9(2)20-15-13(8)14(19)17-12(18-15)7-10-4-3-5-11(16)6-10/h3-6H,7H2,1-2H3,(H,17,18,19). The maximum absolute atomic E-state index is 12.2. The average molecular weight is 305 g/mol. The van der Waals surface area contributed by atoms with Crippen molar-refractivity contribution in [3.8, 4) is 0 Å². The van der Waals surface area contributed by atoms with E-state index in [2.05, 4.69) is 9.97 Å². The van der Waals surface area contributed by atoms with Gasteiger partial charge in [-0.05, 0) is 37.1 Å². The van der Waals surface area contributed by atoms with Crippen LogP contribution in [0.1, 0.15) is 21.8 Å². The van der Waals surface area contributed by atoms with Gasteiger partial charge < -0.3 is 4.98 Å². The molecule has 0 amide bonds. The zero-order valence-electron chi connectivity index (χ0n) is 11.2. The minimum Gasteiger partial charge on any atom is -0.310 e. The van der Waals surface area contributed by atoms with E-state index >= 15 is 0 Å². The van der Waals surface area contributed by atoms with Crippen molar-refractivity contribution >= 4 is 33.2 Å². The minimum atomic E-state index is -0.0612. The van der Waals surface area contributed by atoms with Gasteiger partial charge in [0.1, 0.15) is 10.7 Å². The molecular weight excluding hydrogens is 292 g/mol. The zero-order valence-corrected chi connectivity index (χ0v) is 12.7. The van der Waals surface area contributed by atoms with E-state index in [-0.39, 0.29) is 5.56 Å². The van der Waals surface area contributed by atoms with E-state index in [1.165, 1.54) is 0 Å². The summed E-state index contributed by atoms with van der Waals surface area (Å²) in [7, 11) is 0. The van der Waals surface area contributed by atoms with Gasteiger partial charge in [0.25, 0.3) is 5.56 Å². The van der Waals surface area contributed by atoms with Crippen molar-refractivity contribution in [2.45, 2.75) is 20.3 Å². The van der Waals surface area contributed by atoms with E-state index < -0.39 is 0 Å². The number of halogens is 1. The quantitative estimate of drug-likeness (QED) is 0.781. The van der Waals surface area contributed by atoms with Gasteiger partial charge in [-0.2, -0.15) is 0 Å². The van der Waals surface area contributed by atoms with E-state index in [1.54, 1.807) is 11.3 Å². The average Bonchev–Trinajstić information content (AvgIpc) is 2.65. The molecule has 0 bridgehead atoms. The molecule has 0 unspecified atom stereocenters. The first-order valence-corrected chi connectivity index (χ1v) is 7.47. The van der Waals surface area contributed by atoms with Crippen LogP contribution in [-0.2, 0) is 6.42 Å². The lowest BCUT2D eigenvalue weighted by molar-refractivity contribution is 0.976. The Morgan fingerprint density at radius 1 is 1.35 bits per heavy atom. The zero-order chi connectivity index (χ0) is 14.3. The largest absolute Gasteiger partial charge is 0.310 e. The minimum absolute atomic E-state index is 0.0612. The summed E-state index contributed by atoms with van der Waals surface area (Å²) >= 11 is 7.53. The highest BCUT2D eigenvalue weighted by molar-refractivity contribution is 7.18. The summed E-state index contributed by atoms with van der Waals surface area (Å²) < 4.78 is 0. The van der Waals surface area contributed by atoms with Crippen LogP contribution in [-0.4, -0.2) is 9.97 Å². The molecule has 3 aromatic rings. The van der Waals surface area contributed by atoms with Crippen LogP contribution in [0.3, 0.4) is 0 Å². The van der Waals surface area contributed by atoms with Crippen LogP contribution in [0.25, 0.3) is 10.2 Å². The number of H-pyrrole nitrogens is 1. The summed E-state index contributed by atoms with van der Waals surface area (Å²) in [6.45, 7) is 3.97. The van der Waals surface area contributed by atoms with Gasteiger partial charge in [0.2, 0.25) is 0 Å². The molecule has 5 heteroatoms. The number of benzene rings is 1. The topological polar surface area (TPSA) is 45.8 Å². The Morgan fingerprint density at radius 3 is 2.90 bits per heavy atom. The highest BCUT2D eigenvalue weighted by atomic mass is 35.5. The lowest BCUT2D eigenvalue weighted by Gasteiger charge is -2.02. The fourth-order valence-corrected chi connectivity index (χ4v) is 3.48. The number of aromatic nitrogens is 2. The number of nitrogens with one attached hydrogen (secondary N) is 1. The lowest BCUT2D eigenvalue weighted by Crippen LogP contribution is -2.11. The monoisotopic (exact) mass is 304 g/mol. The van der Waals surface area contributed by atoms with Crippen LogP contribution in [0.5, 0.6) is 0 Å².